The number of hydrogen-bond acceptors (Lipinski definition) is 5. The molecule has 3 aromatic heterocycles. The molecule has 90 valence electrons. The maximum Gasteiger partial charge on any atom is 0.356 e. The Balaban J connectivity index is 2.28. The summed E-state index contributed by atoms with van der Waals surface area (Å²) in [6.07, 6.45) is 3.09. The molecule has 0 spiro atoms. The van der Waals surface area contributed by atoms with Crippen LogP contribution in [0.15, 0.2) is 45.6 Å². The van der Waals surface area contributed by atoms with Gasteiger partial charge in [-0.15, -0.1) is 0 Å². The van der Waals surface area contributed by atoms with Crippen LogP contribution in [0.2, 0.25) is 0 Å². The lowest BCUT2D eigenvalue weighted by Gasteiger charge is -2.02. The summed E-state index contributed by atoms with van der Waals surface area (Å²) in [6, 6.07) is 6.86. The molecule has 0 saturated carbocycles. The molecule has 0 fully saturated rings. The van der Waals surface area contributed by atoms with E-state index in [0.29, 0.717) is 17.0 Å². The Kier molecular flexibility index (Phi) is 2.37. The molecule has 0 aliphatic heterocycles. The molecule has 3 heterocycles. The number of aromatic nitrogens is 1. The summed E-state index contributed by atoms with van der Waals surface area (Å²) >= 11 is 0. The first-order valence-corrected chi connectivity index (χ1v) is 5.30. The molecule has 18 heavy (non-hydrogen) atoms. The lowest BCUT2D eigenvalue weighted by molar-refractivity contribution is 0.0594. The van der Waals surface area contributed by atoms with Crippen LogP contribution in [0.5, 0.6) is 0 Å². The van der Waals surface area contributed by atoms with E-state index >= 15 is 0 Å². The topological polar surface area (TPSA) is 65.5 Å². The van der Waals surface area contributed by atoms with E-state index in [1.165, 1.54) is 7.11 Å². The predicted molar refractivity (Wildman–Crippen MR) is 63.1 cm³/mol. The maximum atomic E-state index is 11.5. The summed E-state index contributed by atoms with van der Waals surface area (Å²) in [5.74, 6) is 0.0632. The van der Waals surface area contributed by atoms with Gasteiger partial charge in [-0.1, -0.05) is 0 Å². The number of rotatable bonds is 2. The summed E-state index contributed by atoms with van der Waals surface area (Å²) in [5.41, 5.74) is 1.31. The van der Waals surface area contributed by atoms with Gasteiger partial charge in [0.25, 0.3) is 0 Å². The van der Waals surface area contributed by atoms with Crippen LogP contribution in [0.1, 0.15) is 10.5 Å². The zero-order chi connectivity index (χ0) is 12.5. The van der Waals surface area contributed by atoms with Crippen molar-refractivity contribution in [1.82, 2.24) is 4.98 Å². The highest BCUT2D eigenvalue weighted by molar-refractivity contribution is 5.96. The second-order valence-electron chi connectivity index (χ2n) is 3.66. The first kappa shape index (κ1) is 10.6. The third-order valence-electron chi connectivity index (χ3n) is 2.60. The number of nitrogens with zero attached hydrogens (tertiary/aromatic N) is 1. The average Bonchev–Trinajstić information content (AvgIpc) is 3.06. The molecule has 0 amide bonds. The molecule has 0 N–H and O–H groups in total. The minimum Gasteiger partial charge on any atom is -0.464 e. The van der Waals surface area contributed by atoms with Crippen LogP contribution in [-0.4, -0.2) is 18.1 Å². The van der Waals surface area contributed by atoms with Crippen LogP contribution in [0.25, 0.3) is 22.4 Å². The minimum absolute atomic E-state index is 0.186. The summed E-state index contributed by atoms with van der Waals surface area (Å²) in [6.45, 7) is 0. The molecular weight excluding hydrogens is 234 g/mol. The molecule has 5 heteroatoms. The van der Waals surface area contributed by atoms with Crippen molar-refractivity contribution in [3.05, 3.63) is 42.5 Å². The number of furan rings is 2. The molecule has 5 nitrogen and oxygen atoms in total. The predicted octanol–water partition coefficient (Wildman–Crippen LogP) is 2.87. The Labute approximate surface area is 102 Å². The Morgan fingerprint density at radius 3 is 2.89 bits per heavy atom. The smallest absolute Gasteiger partial charge is 0.356 e. The van der Waals surface area contributed by atoms with Crippen LogP contribution in [0.4, 0.5) is 0 Å². The van der Waals surface area contributed by atoms with Gasteiger partial charge < -0.3 is 13.6 Å². The van der Waals surface area contributed by atoms with Gasteiger partial charge in [-0.05, 0) is 18.2 Å². The fourth-order valence-corrected chi connectivity index (χ4v) is 1.78. The van der Waals surface area contributed by atoms with Crippen molar-refractivity contribution in [3.63, 3.8) is 0 Å². The molecule has 0 aliphatic carbocycles. The number of carbonyl (C=O) groups is 1. The molecule has 3 aromatic rings. The molecule has 0 aromatic carbocycles. The van der Waals surface area contributed by atoms with Crippen molar-refractivity contribution >= 4 is 16.9 Å². The van der Waals surface area contributed by atoms with E-state index in [-0.39, 0.29) is 5.69 Å². The fraction of sp³-hybridized carbons (Fsp3) is 0.0769. The van der Waals surface area contributed by atoms with Crippen LogP contribution >= 0.6 is 0 Å². The van der Waals surface area contributed by atoms with E-state index in [2.05, 4.69) is 9.72 Å². The van der Waals surface area contributed by atoms with Gasteiger partial charge in [-0.25, -0.2) is 9.78 Å². The second kappa shape index (κ2) is 4.03. The Morgan fingerprint density at radius 2 is 2.17 bits per heavy atom. The van der Waals surface area contributed by atoms with Crippen LogP contribution in [0.3, 0.4) is 0 Å². The van der Waals surface area contributed by atoms with E-state index in [1.807, 2.05) is 0 Å². The summed E-state index contributed by atoms with van der Waals surface area (Å²) in [7, 11) is 1.31. The number of fused-ring (bicyclic) bond motifs is 1. The third-order valence-corrected chi connectivity index (χ3v) is 2.60. The first-order valence-electron chi connectivity index (χ1n) is 5.30. The second-order valence-corrected chi connectivity index (χ2v) is 3.66. The van der Waals surface area contributed by atoms with Crippen LogP contribution < -0.4 is 0 Å². The van der Waals surface area contributed by atoms with Crippen molar-refractivity contribution in [2.75, 3.05) is 7.11 Å². The maximum absolute atomic E-state index is 11.5. The molecule has 3 rings (SSSR count). The number of esters is 1. The van der Waals surface area contributed by atoms with E-state index in [9.17, 15) is 4.79 Å². The molecule has 0 radical (unpaired) electrons. The van der Waals surface area contributed by atoms with Crippen molar-refractivity contribution < 1.29 is 18.4 Å². The number of methoxy groups -OCH3 is 1. The van der Waals surface area contributed by atoms with Gasteiger partial charge in [-0.2, -0.15) is 0 Å². The zero-order valence-corrected chi connectivity index (χ0v) is 9.54. The highest BCUT2D eigenvalue weighted by Crippen LogP contribution is 2.28. The highest BCUT2D eigenvalue weighted by atomic mass is 16.5. The quantitative estimate of drug-likeness (QED) is 0.647. The van der Waals surface area contributed by atoms with E-state index in [1.54, 1.807) is 36.8 Å². The fourth-order valence-electron chi connectivity index (χ4n) is 1.78. The lowest BCUT2D eigenvalue weighted by atomic mass is 10.2. The van der Waals surface area contributed by atoms with Crippen LogP contribution in [-0.2, 0) is 4.74 Å². The van der Waals surface area contributed by atoms with Crippen molar-refractivity contribution in [2.24, 2.45) is 0 Å². The van der Waals surface area contributed by atoms with Gasteiger partial charge in [0.1, 0.15) is 11.3 Å². The van der Waals surface area contributed by atoms with E-state index < -0.39 is 5.97 Å². The number of ether oxygens (including phenoxy) is 1. The Hall–Kier alpha value is -2.56. The number of pyridine rings is 1. The number of carbonyl (C=O) groups excluding carboxylic acids is 1. The molecular formula is C13H9NO4. The van der Waals surface area contributed by atoms with E-state index in [4.69, 9.17) is 8.83 Å². The van der Waals surface area contributed by atoms with E-state index in [0.717, 1.165) is 5.39 Å². The Bertz CT molecular complexity index is 697. The molecule has 0 saturated heterocycles. The van der Waals surface area contributed by atoms with Crippen molar-refractivity contribution in [2.45, 2.75) is 0 Å². The highest BCUT2D eigenvalue weighted by Gasteiger charge is 2.16. The van der Waals surface area contributed by atoms with Gasteiger partial charge in [0.05, 0.1) is 19.6 Å². The summed E-state index contributed by atoms with van der Waals surface area (Å²) in [5, 5.41) is 0.789. The summed E-state index contributed by atoms with van der Waals surface area (Å²) < 4.78 is 15.3. The van der Waals surface area contributed by atoms with Crippen LogP contribution in [0, 0.1) is 0 Å². The van der Waals surface area contributed by atoms with Gasteiger partial charge in [0.2, 0.25) is 0 Å². The van der Waals surface area contributed by atoms with Gasteiger partial charge in [0.15, 0.2) is 11.5 Å². The van der Waals surface area contributed by atoms with Crippen molar-refractivity contribution in [3.8, 4) is 11.5 Å². The molecule has 0 unspecified atom stereocenters. The third kappa shape index (κ3) is 1.57. The van der Waals surface area contributed by atoms with Gasteiger partial charge in [-0.3, -0.25) is 0 Å². The lowest BCUT2D eigenvalue weighted by Crippen LogP contribution is -2.04. The monoisotopic (exact) mass is 243 g/mol. The van der Waals surface area contributed by atoms with Crippen molar-refractivity contribution in [1.29, 1.82) is 0 Å². The van der Waals surface area contributed by atoms with Gasteiger partial charge >= 0.3 is 5.97 Å². The molecule has 0 aliphatic rings. The normalized spacial score (nSPS) is 10.7. The van der Waals surface area contributed by atoms with Gasteiger partial charge in [0, 0.05) is 11.5 Å². The zero-order valence-electron chi connectivity index (χ0n) is 9.54. The largest absolute Gasteiger partial charge is 0.464 e. The first-order chi connectivity index (χ1) is 8.79. The SMILES string of the molecule is COC(=O)c1cc2occc2c(-c2ccco2)n1. The minimum atomic E-state index is -0.513. The molecule has 0 atom stereocenters. The number of hydrogen-bond donors (Lipinski definition) is 0. The summed E-state index contributed by atoms with van der Waals surface area (Å²) in [4.78, 5) is 15.8. The Morgan fingerprint density at radius 1 is 1.28 bits per heavy atom. The molecule has 0 bridgehead atoms. The average molecular weight is 243 g/mol. The standard InChI is InChI=1S/C13H9NO4/c1-16-13(15)9-7-11-8(4-6-18-11)12(14-9)10-3-2-5-17-10/h2-7H,1H3.